The van der Waals surface area contributed by atoms with Gasteiger partial charge >= 0.3 is 0 Å². The van der Waals surface area contributed by atoms with E-state index in [9.17, 15) is 4.79 Å². The highest BCUT2D eigenvalue weighted by Crippen LogP contribution is 2.30. The summed E-state index contributed by atoms with van der Waals surface area (Å²) in [7, 11) is 0. The van der Waals surface area contributed by atoms with Crippen LogP contribution in [0, 0.1) is 0 Å². The van der Waals surface area contributed by atoms with Crippen molar-refractivity contribution < 1.29 is 9.21 Å². The van der Waals surface area contributed by atoms with Crippen molar-refractivity contribution in [3.63, 3.8) is 0 Å². The molecule has 1 amide bonds. The number of fused-ring (bicyclic) bond motifs is 4. The molecule has 0 radical (unpaired) electrons. The summed E-state index contributed by atoms with van der Waals surface area (Å²) in [5.74, 6) is 0.370. The predicted molar refractivity (Wildman–Crippen MR) is 129 cm³/mol. The fraction of sp³-hybridized carbons (Fsp3) is 0. The van der Waals surface area contributed by atoms with E-state index in [0.717, 1.165) is 38.2 Å². The second-order valence-corrected chi connectivity index (χ2v) is 7.75. The molecule has 4 nitrogen and oxygen atoms in total. The lowest BCUT2D eigenvalue weighted by atomic mass is 10.1. The Labute approximate surface area is 184 Å². The maximum Gasteiger partial charge on any atom is 0.255 e. The average molecular weight is 414 g/mol. The third kappa shape index (κ3) is 3.19. The molecule has 6 aromatic rings. The van der Waals surface area contributed by atoms with Crippen molar-refractivity contribution >= 4 is 44.2 Å². The molecule has 1 heterocycles. The van der Waals surface area contributed by atoms with Crippen LogP contribution >= 0.6 is 0 Å². The van der Waals surface area contributed by atoms with E-state index in [4.69, 9.17) is 9.40 Å². The van der Waals surface area contributed by atoms with Gasteiger partial charge in [0.05, 0.1) is 0 Å². The molecule has 4 heteroatoms. The Hall–Kier alpha value is -4.44. The lowest BCUT2D eigenvalue weighted by Gasteiger charge is -2.07. The van der Waals surface area contributed by atoms with E-state index in [0.29, 0.717) is 17.1 Å². The summed E-state index contributed by atoms with van der Waals surface area (Å²) in [6, 6.07) is 33.4. The second kappa shape index (κ2) is 7.36. The van der Waals surface area contributed by atoms with Gasteiger partial charge in [0, 0.05) is 22.2 Å². The molecule has 0 aliphatic rings. The first-order chi connectivity index (χ1) is 15.7. The molecule has 1 aromatic heterocycles. The molecule has 0 aliphatic carbocycles. The first-order valence-corrected chi connectivity index (χ1v) is 10.4. The standard InChI is InChI=1S/C28H18N2O2/c31-27(21-13-12-18-6-1-2-8-20(18)16-21)29-23-10-5-9-22(17-23)28-30-26-24-11-4-3-7-19(24)14-15-25(26)32-28/h1-17H,(H,29,31). The van der Waals surface area contributed by atoms with Gasteiger partial charge in [0.25, 0.3) is 5.91 Å². The largest absolute Gasteiger partial charge is 0.436 e. The number of oxazole rings is 1. The van der Waals surface area contributed by atoms with Crippen LogP contribution in [0.2, 0.25) is 0 Å². The molecule has 0 fully saturated rings. The van der Waals surface area contributed by atoms with Crippen LogP contribution in [-0.4, -0.2) is 10.9 Å². The maximum absolute atomic E-state index is 12.8. The number of aromatic nitrogens is 1. The highest BCUT2D eigenvalue weighted by atomic mass is 16.3. The van der Waals surface area contributed by atoms with Crippen LogP contribution < -0.4 is 5.32 Å². The van der Waals surface area contributed by atoms with E-state index < -0.39 is 0 Å². The zero-order valence-corrected chi connectivity index (χ0v) is 17.1. The average Bonchev–Trinajstić information content (AvgIpc) is 3.29. The quantitative estimate of drug-likeness (QED) is 0.337. The Bertz CT molecular complexity index is 1630. The Kier molecular flexibility index (Phi) is 4.22. The number of nitrogens with zero attached hydrogens (tertiary/aromatic N) is 1. The fourth-order valence-corrected chi connectivity index (χ4v) is 4.05. The summed E-state index contributed by atoms with van der Waals surface area (Å²) in [5.41, 5.74) is 3.69. The number of carbonyl (C=O) groups is 1. The molecule has 0 unspecified atom stereocenters. The van der Waals surface area contributed by atoms with Crippen LogP contribution in [0.3, 0.4) is 0 Å². The van der Waals surface area contributed by atoms with Gasteiger partial charge in [-0.05, 0) is 52.6 Å². The smallest absolute Gasteiger partial charge is 0.255 e. The molecule has 0 spiro atoms. The van der Waals surface area contributed by atoms with E-state index in [1.807, 2.05) is 97.1 Å². The molecule has 0 saturated carbocycles. The van der Waals surface area contributed by atoms with Gasteiger partial charge in [-0.15, -0.1) is 0 Å². The molecular formula is C28H18N2O2. The number of nitrogens with one attached hydrogen (secondary N) is 1. The monoisotopic (exact) mass is 414 g/mol. The minimum absolute atomic E-state index is 0.156. The number of benzene rings is 5. The summed E-state index contributed by atoms with van der Waals surface area (Å²) >= 11 is 0. The van der Waals surface area contributed by atoms with E-state index in [2.05, 4.69) is 11.4 Å². The van der Waals surface area contributed by atoms with Crippen molar-refractivity contribution in [1.82, 2.24) is 4.98 Å². The number of anilines is 1. The van der Waals surface area contributed by atoms with Gasteiger partial charge in [0.1, 0.15) is 5.52 Å². The van der Waals surface area contributed by atoms with Crippen LogP contribution in [0.4, 0.5) is 5.69 Å². The summed E-state index contributed by atoms with van der Waals surface area (Å²) in [4.78, 5) is 17.6. The first kappa shape index (κ1) is 18.3. The van der Waals surface area contributed by atoms with Crippen molar-refractivity contribution in [2.75, 3.05) is 5.32 Å². The van der Waals surface area contributed by atoms with Gasteiger partial charge in [0.15, 0.2) is 5.58 Å². The minimum atomic E-state index is -0.156. The van der Waals surface area contributed by atoms with Crippen LogP contribution in [0.1, 0.15) is 10.4 Å². The maximum atomic E-state index is 12.8. The van der Waals surface area contributed by atoms with Crippen molar-refractivity contribution in [3.05, 3.63) is 109 Å². The van der Waals surface area contributed by atoms with Crippen LogP contribution in [-0.2, 0) is 0 Å². The SMILES string of the molecule is O=C(Nc1cccc(-c2nc3c(ccc4ccccc43)o2)c1)c1ccc2ccccc2c1. The molecule has 0 atom stereocenters. The topological polar surface area (TPSA) is 55.1 Å². The van der Waals surface area contributed by atoms with Gasteiger partial charge in [-0.3, -0.25) is 4.79 Å². The van der Waals surface area contributed by atoms with Crippen molar-refractivity contribution in [2.45, 2.75) is 0 Å². The van der Waals surface area contributed by atoms with Crippen molar-refractivity contribution in [3.8, 4) is 11.5 Å². The summed E-state index contributed by atoms with van der Waals surface area (Å²) in [5, 5.41) is 7.31. The highest BCUT2D eigenvalue weighted by Gasteiger charge is 2.13. The lowest BCUT2D eigenvalue weighted by Crippen LogP contribution is -2.11. The Morgan fingerprint density at radius 2 is 1.50 bits per heavy atom. The molecule has 0 aliphatic heterocycles. The molecule has 32 heavy (non-hydrogen) atoms. The molecular weight excluding hydrogens is 396 g/mol. The fourth-order valence-electron chi connectivity index (χ4n) is 4.05. The Balaban J connectivity index is 1.32. The predicted octanol–water partition coefficient (Wildman–Crippen LogP) is 7.05. The van der Waals surface area contributed by atoms with E-state index in [1.165, 1.54) is 0 Å². The van der Waals surface area contributed by atoms with Crippen molar-refractivity contribution in [2.24, 2.45) is 0 Å². The lowest BCUT2D eigenvalue weighted by molar-refractivity contribution is 0.102. The number of rotatable bonds is 3. The van der Waals surface area contributed by atoms with Gasteiger partial charge in [0.2, 0.25) is 5.89 Å². The summed E-state index contributed by atoms with van der Waals surface area (Å²) in [6.45, 7) is 0. The summed E-state index contributed by atoms with van der Waals surface area (Å²) in [6.07, 6.45) is 0. The Morgan fingerprint density at radius 3 is 2.41 bits per heavy atom. The zero-order valence-electron chi connectivity index (χ0n) is 17.1. The molecule has 6 rings (SSSR count). The van der Waals surface area contributed by atoms with Crippen LogP contribution in [0.5, 0.6) is 0 Å². The van der Waals surface area contributed by atoms with Crippen LogP contribution in [0.25, 0.3) is 44.1 Å². The number of hydrogen-bond donors (Lipinski definition) is 1. The van der Waals surface area contributed by atoms with Gasteiger partial charge in [-0.2, -0.15) is 0 Å². The minimum Gasteiger partial charge on any atom is -0.436 e. The highest BCUT2D eigenvalue weighted by molar-refractivity contribution is 6.07. The van der Waals surface area contributed by atoms with Crippen LogP contribution in [0.15, 0.2) is 108 Å². The van der Waals surface area contributed by atoms with Gasteiger partial charge in [-0.1, -0.05) is 66.7 Å². The second-order valence-electron chi connectivity index (χ2n) is 7.75. The van der Waals surface area contributed by atoms with E-state index in [1.54, 1.807) is 0 Å². The molecule has 0 bridgehead atoms. The number of amides is 1. The van der Waals surface area contributed by atoms with Crippen molar-refractivity contribution in [1.29, 1.82) is 0 Å². The molecule has 5 aromatic carbocycles. The Morgan fingerprint density at radius 1 is 0.719 bits per heavy atom. The number of hydrogen-bond acceptors (Lipinski definition) is 3. The van der Waals surface area contributed by atoms with Gasteiger partial charge in [-0.25, -0.2) is 4.98 Å². The molecule has 152 valence electrons. The first-order valence-electron chi connectivity index (χ1n) is 10.4. The van der Waals surface area contributed by atoms with E-state index >= 15 is 0 Å². The number of carbonyl (C=O) groups excluding carboxylic acids is 1. The molecule has 1 N–H and O–H groups in total. The van der Waals surface area contributed by atoms with E-state index in [-0.39, 0.29) is 5.91 Å². The summed E-state index contributed by atoms with van der Waals surface area (Å²) < 4.78 is 6.03. The third-order valence-electron chi connectivity index (χ3n) is 5.66. The third-order valence-corrected chi connectivity index (χ3v) is 5.66. The normalized spacial score (nSPS) is 11.2. The molecule has 0 saturated heterocycles. The zero-order chi connectivity index (χ0) is 21.5. The van der Waals surface area contributed by atoms with Gasteiger partial charge < -0.3 is 9.73 Å².